The van der Waals surface area contributed by atoms with Gasteiger partial charge in [0.05, 0.1) is 11.1 Å². The van der Waals surface area contributed by atoms with Crippen LogP contribution in [-0.2, 0) is 6.18 Å². The molecule has 0 saturated heterocycles. The summed E-state index contributed by atoms with van der Waals surface area (Å²) in [5.41, 5.74) is -2.26. The predicted octanol–water partition coefficient (Wildman–Crippen LogP) is 5.01. The number of benzene rings is 1. The molecule has 26 heavy (non-hydrogen) atoms. The zero-order chi connectivity index (χ0) is 19.5. The Morgan fingerprint density at radius 3 is 2.31 bits per heavy atom. The lowest BCUT2D eigenvalue weighted by Crippen LogP contribution is -2.30. The number of halogens is 7. The first-order chi connectivity index (χ1) is 12.0. The highest BCUT2D eigenvalue weighted by Gasteiger charge is 2.42. The summed E-state index contributed by atoms with van der Waals surface area (Å²) >= 11 is 0.467. The SMILES string of the molecule is N#Cc1cncc(SNC(c2ccc(C(F)(F)F)c(F)c2)C(F)(F)F)c1. The molecule has 1 aromatic carbocycles. The van der Waals surface area contributed by atoms with Crippen molar-refractivity contribution in [2.24, 2.45) is 0 Å². The van der Waals surface area contributed by atoms with Crippen LogP contribution in [0.3, 0.4) is 0 Å². The summed E-state index contributed by atoms with van der Waals surface area (Å²) in [5.74, 6) is -1.80. The second-order valence-electron chi connectivity index (χ2n) is 4.95. The lowest BCUT2D eigenvalue weighted by molar-refractivity contribution is -0.152. The molecule has 2 rings (SSSR count). The first-order valence-corrected chi connectivity index (χ1v) is 7.55. The molecule has 1 aromatic heterocycles. The van der Waals surface area contributed by atoms with Crippen LogP contribution in [0, 0.1) is 17.1 Å². The smallest absolute Gasteiger partial charge is 0.262 e. The Kier molecular flexibility index (Phi) is 5.77. The highest BCUT2D eigenvalue weighted by Crippen LogP contribution is 2.38. The van der Waals surface area contributed by atoms with E-state index in [1.165, 1.54) is 18.5 Å². The van der Waals surface area contributed by atoms with Crippen LogP contribution in [-0.4, -0.2) is 11.2 Å². The first-order valence-electron chi connectivity index (χ1n) is 6.73. The Labute approximate surface area is 147 Å². The van der Waals surface area contributed by atoms with Crippen molar-refractivity contribution in [3.63, 3.8) is 0 Å². The van der Waals surface area contributed by atoms with Crippen molar-refractivity contribution in [2.45, 2.75) is 23.3 Å². The third kappa shape index (κ3) is 4.86. The Morgan fingerprint density at radius 2 is 1.77 bits per heavy atom. The molecular weight excluding hydrogens is 387 g/mol. The third-order valence-electron chi connectivity index (χ3n) is 3.10. The Bertz CT molecular complexity index is 827. The van der Waals surface area contributed by atoms with Gasteiger partial charge in [-0.2, -0.15) is 31.6 Å². The van der Waals surface area contributed by atoms with Crippen molar-refractivity contribution >= 4 is 11.9 Å². The normalized spacial score (nSPS) is 13.3. The molecule has 1 unspecified atom stereocenters. The minimum absolute atomic E-state index is 0.112. The van der Waals surface area contributed by atoms with Gasteiger partial charge in [-0.15, -0.1) is 0 Å². The largest absolute Gasteiger partial charge is 0.419 e. The maximum atomic E-state index is 13.6. The number of alkyl halides is 6. The molecule has 2 aromatic rings. The molecule has 11 heteroatoms. The van der Waals surface area contributed by atoms with Gasteiger partial charge in [0.15, 0.2) is 0 Å². The Hall–Kier alpha value is -2.32. The van der Waals surface area contributed by atoms with E-state index in [0.29, 0.717) is 18.0 Å². The van der Waals surface area contributed by atoms with Gasteiger partial charge >= 0.3 is 12.4 Å². The molecule has 0 fully saturated rings. The summed E-state index contributed by atoms with van der Waals surface area (Å²) in [6.45, 7) is 0. The molecule has 0 radical (unpaired) electrons. The molecule has 1 N–H and O–H groups in total. The van der Waals surface area contributed by atoms with Gasteiger partial charge in [0.1, 0.15) is 17.9 Å². The van der Waals surface area contributed by atoms with Gasteiger partial charge in [-0.1, -0.05) is 6.07 Å². The van der Waals surface area contributed by atoms with E-state index in [0.717, 1.165) is 0 Å². The van der Waals surface area contributed by atoms with Gasteiger partial charge in [0.25, 0.3) is 0 Å². The number of hydrogen-bond acceptors (Lipinski definition) is 4. The highest BCUT2D eigenvalue weighted by atomic mass is 32.2. The van der Waals surface area contributed by atoms with Crippen molar-refractivity contribution in [1.29, 1.82) is 5.26 Å². The average Bonchev–Trinajstić information content (AvgIpc) is 2.53. The summed E-state index contributed by atoms with van der Waals surface area (Å²) in [7, 11) is 0. The van der Waals surface area contributed by atoms with Crippen molar-refractivity contribution in [1.82, 2.24) is 9.71 Å². The minimum atomic E-state index is -5.01. The lowest BCUT2D eigenvalue weighted by atomic mass is 10.0. The fourth-order valence-corrected chi connectivity index (χ4v) is 2.75. The standard InChI is InChI=1S/C15H8F7N3S/c16-12-4-9(1-2-11(12)14(17,18)19)13(15(20,21)22)25-26-10-3-8(5-23)6-24-7-10/h1-4,6-7,13,25H. The van der Waals surface area contributed by atoms with Crippen LogP contribution in [0.15, 0.2) is 41.6 Å². The average molecular weight is 395 g/mol. The van der Waals surface area contributed by atoms with Crippen molar-refractivity contribution in [3.8, 4) is 6.07 Å². The van der Waals surface area contributed by atoms with Crippen molar-refractivity contribution < 1.29 is 30.7 Å². The monoisotopic (exact) mass is 395 g/mol. The van der Waals surface area contributed by atoms with E-state index in [9.17, 15) is 30.7 Å². The number of nitriles is 1. The second kappa shape index (κ2) is 7.51. The van der Waals surface area contributed by atoms with Crippen LogP contribution in [0.2, 0.25) is 0 Å². The number of nitrogens with one attached hydrogen (secondary N) is 1. The molecular formula is C15H8F7N3S. The second-order valence-corrected chi connectivity index (χ2v) is 5.86. The van der Waals surface area contributed by atoms with E-state index in [2.05, 4.69) is 4.98 Å². The fraction of sp³-hybridized carbons (Fsp3) is 0.200. The number of nitrogens with zero attached hydrogens (tertiary/aromatic N) is 2. The predicted molar refractivity (Wildman–Crippen MR) is 78.1 cm³/mol. The van der Waals surface area contributed by atoms with E-state index in [4.69, 9.17) is 5.26 Å². The topological polar surface area (TPSA) is 48.7 Å². The van der Waals surface area contributed by atoms with Gasteiger partial charge in [-0.05, 0) is 35.7 Å². The van der Waals surface area contributed by atoms with Crippen molar-refractivity contribution in [2.75, 3.05) is 0 Å². The molecule has 0 aliphatic carbocycles. The Balaban J connectivity index is 2.28. The zero-order valence-corrected chi connectivity index (χ0v) is 13.3. The van der Waals surface area contributed by atoms with Crippen LogP contribution < -0.4 is 4.72 Å². The van der Waals surface area contributed by atoms with Crippen molar-refractivity contribution in [3.05, 3.63) is 59.2 Å². The third-order valence-corrected chi connectivity index (χ3v) is 3.91. The number of aromatic nitrogens is 1. The maximum absolute atomic E-state index is 13.6. The molecule has 1 atom stereocenters. The molecule has 0 aliphatic heterocycles. The molecule has 0 amide bonds. The van der Waals surface area contributed by atoms with Crippen LogP contribution in [0.1, 0.15) is 22.7 Å². The lowest BCUT2D eigenvalue weighted by Gasteiger charge is -2.22. The van der Waals surface area contributed by atoms with E-state index < -0.39 is 35.3 Å². The molecule has 138 valence electrons. The molecule has 0 saturated carbocycles. The molecule has 0 spiro atoms. The summed E-state index contributed by atoms with van der Waals surface area (Å²) in [6.07, 6.45) is -7.52. The summed E-state index contributed by atoms with van der Waals surface area (Å²) in [6, 6.07) is 1.60. The first kappa shape index (κ1) is 20.0. The maximum Gasteiger partial charge on any atom is 0.419 e. The van der Waals surface area contributed by atoms with Gasteiger partial charge in [0, 0.05) is 17.3 Å². The van der Waals surface area contributed by atoms with E-state index in [1.807, 2.05) is 4.72 Å². The molecule has 0 bridgehead atoms. The van der Waals surface area contributed by atoms with Gasteiger partial charge in [-0.3, -0.25) is 4.98 Å². The number of hydrogen-bond donors (Lipinski definition) is 1. The van der Waals surface area contributed by atoms with Gasteiger partial charge in [0.2, 0.25) is 0 Å². The van der Waals surface area contributed by atoms with Crippen LogP contribution in [0.4, 0.5) is 30.7 Å². The van der Waals surface area contributed by atoms with Crippen LogP contribution >= 0.6 is 11.9 Å². The van der Waals surface area contributed by atoms with Gasteiger partial charge < -0.3 is 0 Å². The zero-order valence-electron chi connectivity index (χ0n) is 12.5. The summed E-state index contributed by atoms with van der Waals surface area (Å²) < 4.78 is 92.9. The minimum Gasteiger partial charge on any atom is -0.262 e. The van der Waals surface area contributed by atoms with Crippen LogP contribution in [0.25, 0.3) is 0 Å². The fourth-order valence-electron chi connectivity index (χ4n) is 1.93. The van der Waals surface area contributed by atoms with E-state index in [-0.39, 0.29) is 22.6 Å². The molecule has 3 nitrogen and oxygen atoms in total. The highest BCUT2D eigenvalue weighted by molar-refractivity contribution is 7.97. The van der Waals surface area contributed by atoms with E-state index in [1.54, 1.807) is 6.07 Å². The molecule has 0 aliphatic rings. The number of pyridine rings is 1. The van der Waals surface area contributed by atoms with Gasteiger partial charge in [-0.25, -0.2) is 9.11 Å². The van der Waals surface area contributed by atoms with Crippen LogP contribution in [0.5, 0.6) is 0 Å². The van der Waals surface area contributed by atoms with E-state index >= 15 is 0 Å². The molecule has 1 heterocycles. The number of rotatable bonds is 4. The summed E-state index contributed by atoms with van der Waals surface area (Å²) in [4.78, 5) is 3.84. The summed E-state index contributed by atoms with van der Waals surface area (Å²) in [5, 5.41) is 8.74. The quantitative estimate of drug-likeness (QED) is 0.584. The Morgan fingerprint density at radius 1 is 1.08 bits per heavy atom.